The molecule has 31 heavy (non-hydrogen) atoms. The molecule has 9 nitrogen and oxygen atoms in total. The number of carbonyl (C=O) groups excluding carboxylic acids is 2. The van der Waals surface area contributed by atoms with Crippen LogP contribution in [0.3, 0.4) is 0 Å². The van der Waals surface area contributed by atoms with Gasteiger partial charge in [-0.25, -0.2) is 4.68 Å². The van der Waals surface area contributed by atoms with Crippen LogP contribution in [0.2, 0.25) is 0 Å². The Hall–Kier alpha value is -2.00. The van der Waals surface area contributed by atoms with Gasteiger partial charge in [-0.05, 0) is 37.3 Å². The number of hydrogen-bond acceptors (Lipinski definition) is 6. The first-order chi connectivity index (χ1) is 14.6. The number of likely N-dealkylation sites (tertiary alicyclic amines) is 2. The van der Waals surface area contributed by atoms with Crippen molar-refractivity contribution in [2.24, 2.45) is 11.3 Å². The molecule has 9 heteroatoms. The second kappa shape index (κ2) is 9.65. The Morgan fingerprint density at radius 2 is 1.97 bits per heavy atom. The van der Waals surface area contributed by atoms with E-state index in [0.29, 0.717) is 0 Å². The van der Waals surface area contributed by atoms with Gasteiger partial charge in [-0.1, -0.05) is 32.9 Å². The van der Waals surface area contributed by atoms with Crippen molar-refractivity contribution < 1.29 is 14.7 Å². The number of amides is 2. The predicted molar refractivity (Wildman–Crippen MR) is 117 cm³/mol. The first-order valence-corrected chi connectivity index (χ1v) is 11.4. The maximum absolute atomic E-state index is 13.6. The first kappa shape index (κ1) is 23.7. The molecule has 2 aliphatic rings. The number of carbonyl (C=O) groups is 2. The summed E-state index contributed by atoms with van der Waals surface area (Å²) in [4.78, 5) is 29.8. The summed E-state index contributed by atoms with van der Waals surface area (Å²) in [6, 6.07) is -1.27. The van der Waals surface area contributed by atoms with E-state index in [1.807, 2.05) is 27.0 Å². The van der Waals surface area contributed by atoms with Gasteiger partial charge in [0.1, 0.15) is 12.1 Å². The normalized spacial score (nSPS) is 24.4. The molecule has 0 radical (unpaired) electrons. The molecule has 3 heterocycles. The van der Waals surface area contributed by atoms with Crippen LogP contribution in [0.15, 0.2) is 6.20 Å². The van der Waals surface area contributed by atoms with Gasteiger partial charge in [-0.3, -0.25) is 9.59 Å². The zero-order valence-corrected chi connectivity index (χ0v) is 19.5. The fraction of sp³-hybridized carbons (Fsp3) is 0.818. The molecule has 3 atom stereocenters. The molecule has 0 aromatic carbocycles. The van der Waals surface area contributed by atoms with Gasteiger partial charge in [-0.2, -0.15) is 0 Å². The van der Waals surface area contributed by atoms with E-state index in [4.69, 9.17) is 0 Å². The maximum Gasteiger partial charge on any atom is 0.248 e. The van der Waals surface area contributed by atoms with Crippen molar-refractivity contribution >= 4 is 11.8 Å². The molecule has 2 fully saturated rings. The molecule has 0 bridgehead atoms. The van der Waals surface area contributed by atoms with E-state index in [1.54, 1.807) is 11.7 Å². The number of nitrogens with zero attached hydrogens (tertiary/aromatic N) is 5. The lowest BCUT2D eigenvalue weighted by atomic mass is 9.85. The molecular weight excluding hydrogens is 396 g/mol. The quantitative estimate of drug-likeness (QED) is 0.688. The highest BCUT2D eigenvalue weighted by Gasteiger charge is 2.45. The fourth-order valence-electron chi connectivity index (χ4n) is 4.62. The zero-order valence-electron chi connectivity index (χ0n) is 19.5. The van der Waals surface area contributed by atoms with Crippen LogP contribution >= 0.6 is 0 Å². The Morgan fingerprint density at radius 1 is 1.29 bits per heavy atom. The number of hydrogen-bond donors (Lipinski definition) is 2. The van der Waals surface area contributed by atoms with Gasteiger partial charge >= 0.3 is 0 Å². The minimum absolute atomic E-state index is 0.151. The molecule has 0 unspecified atom stereocenters. The van der Waals surface area contributed by atoms with Crippen LogP contribution in [-0.2, 0) is 16.0 Å². The molecule has 3 rings (SSSR count). The van der Waals surface area contributed by atoms with Crippen molar-refractivity contribution in [1.29, 1.82) is 0 Å². The molecule has 0 saturated carbocycles. The molecule has 2 aliphatic heterocycles. The van der Waals surface area contributed by atoms with Crippen LogP contribution in [-0.4, -0.2) is 87.1 Å². The van der Waals surface area contributed by atoms with E-state index in [9.17, 15) is 14.7 Å². The molecule has 1 aromatic rings. The summed E-state index contributed by atoms with van der Waals surface area (Å²) in [5.74, 6) is 0.338. The third-order valence-electron chi connectivity index (χ3n) is 6.55. The van der Waals surface area contributed by atoms with Gasteiger partial charge in [0.25, 0.3) is 0 Å². The van der Waals surface area contributed by atoms with E-state index >= 15 is 0 Å². The van der Waals surface area contributed by atoms with Gasteiger partial charge in [0.05, 0.1) is 11.8 Å². The van der Waals surface area contributed by atoms with Crippen molar-refractivity contribution in [1.82, 2.24) is 30.1 Å². The molecule has 2 N–H and O–H groups in total. The Kier molecular flexibility index (Phi) is 7.36. The number of likely N-dealkylation sites (N-methyl/N-ethyl adjacent to an activating group) is 1. The van der Waals surface area contributed by atoms with Crippen molar-refractivity contribution in [3.63, 3.8) is 0 Å². The summed E-state index contributed by atoms with van der Waals surface area (Å²) < 4.78 is 1.64. The van der Waals surface area contributed by atoms with Gasteiger partial charge in [0.15, 0.2) is 0 Å². The summed E-state index contributed by atoms with van der Waals surface area (Å²) in [5.41, 5.74) is 0.427. The van der Waals surface area contributed by atoms with E-state index in [1.165, 1.54) is 17.7 Å². The number of piperidine rings is 1. The van der Waals surface area contributed by atoms with E-state index < -0.39 is 23.6 Å². The summed E-state index contributed by atoms with van der Waals surface area (Å²) in [6.45, 7) is 11.6. The largest absolute Gasteiger partial charge is 0.391 e. The van der Waals surface area contributed by atoms with Gasteiger partial charge in [-0.15, -0.1) is 5.10 Å². The Labute approximate surface area is 185 Å². The summed E-state index contributed by atoms with van der Waals surface area (Å²) in [7, 11) is 1.55. The number of nitrogens with one attached hydrogen (secondary N) is 1. The molecule has 2 saturated heterocycles. The SMILES string of the molecule is CNC(=O)[C@@H]1C[C@@H](O)CN1C(=O)[C@@H](n1cc(CCN2CCC(C)CC2)nn1)C(C)(C)C. The Balaban J connectivity index is 1.73. The van der Waals surface area contributed by atoms with Crippen LogP contribution in [0, 0.1) is 11.3 Å². The van der Waals surface area contributed by atoms with Crippen LogP contribution in [0.1, 0.15) is 58.7 Å². The topological polar surface area (TPSA) is 104 Å². The third-order valence-corrected chi connectivity index (χ3v) is 6.55. The number of β-amino-alcohol motifs (C(OH)–C–C–N with tert-alkyl or cyclic N) is 1. The van der Waals surface area contributed by atoms with Crippen LogP contribution in [0.5, 0.6) is 0 Å². The van der Waals surface area contributed by atoms with Gasteiger partial charge < -0.3 is 20.2 Å². The lowest BCUT2D eigenvalue weighted by Gasteiger charge is -2.34. The minimum Gasteiger partial charge on any atom is -0.391 e. The fourth-order valence-corrected chi connectivity index (χ4v) is 4.62. The Morgan fingerprint density at radius 3 is 2.58 bits per heavy atom. The third kappa shape index (κ3) is 5.63. The van der Waals surface area contributed by atoms with Crippen LogP contribution < -0.4 is 5.32 Å². The number of aliphatic hydroxyl groups excluding tert-OH is 1. The summed E-state index contributed by atoms with van der Waals surface area (Å²) >= 11 is 0. The van der Waals surface area contributed by atoms with Crippen molar-refractivity contribution in [3.05, 3.63) is 11.9 Å². The highest BCUT2D eigenvalue weighted by atomic mass is 16.3. The maximum atomic E-state index is 13.6. The monoisotopic (exact) mass is 434 g/mol. The lowest BCUT2D eigenvalue weighted by Crippen LogP contribution is -2.49. The smallest absolute Gasteiger partial charge is 0.248 e. The van der Waals surface area contributed by atoms with Crippen molar-refractivity contribution in [2.45, 2.75) is 71.6 Å². The second-order valence-corrected chi connectivity index (χ2v) is 10.2. The van der Waals surface area contributed by atoms with Crippen molar-refractivity contribution in [2.75, 3.05) is 33.2 Å². The molecule has 0 spiro atoms. The van der Waals surface area contributed by atoms with Gasteiger partial charge in [0, 0.05) is 39.2 Å². The average Bonchev–Trinajstić information content (AvgIpc) is 3.32. The number of aromatic nitrogens is 3. The number of aliphatic hydroxyl groups is 1. The van der Waals surface area contributed by atoms with Crippen LogP contribution in [0.25, 0.3) is 0 Å². The number of rotatable bonds is 6. The summed E-state index contributed by atoms with van der Waals surface area (Å²) in [5, 5.41) is 21.3. The van der Waals surface area contributed by atoms with E-state index in [-0.39, 0.29) is 24.8 Å². The van der Waals surface area contributed by atoms with E-state index in [0.717, 1.165) is 37.7 Å². The van der Waals surface area contributed by atoms with Crippen LogP contribution in [0.4, 0.5) is 0 Å². The zero-order chi connectivity index (χ0) is 22.8. The molecule has 2 amide bonds. The molecule has 0 aliphatic carbocycles. The Bertz CT molecular complexity index is 766. The molecule has 1 aromatic heterocycles. The molecule has 174 valence electrons. The van der Waals surface area contributed by atoms with E-state index in [2.05, 4.69) is 27.5 Å². The lowest BCUT2D eigenvalue weighted by molar-refractivity contribution is -0.144. The standard InChI is InChI=1S/C22H38N6O3/c1-15-6-9-26(10-7-15)11-8-16-13-28(25-24-16)19(22(2,3)4)21(31)27-14-17(29)12-18(27)20(30)23-5/h13,15,17-19,29H,6-12,14H2,1-5H3,(H,23,30)/t17-,18+,19-/m1/s1. The summed E-state index contributed by atoms with van der Waals surface area (Å²) in [6.07, 6.45) is 4.68. The molecular formula is C22H38N6O3. The second-order valence-electron chi connectivity index (χ2n) is 10.2. The van der Waals surface area contributed by atoms with Gasteiger partial charge in [0.2, 0.25) is 11.8 Å². The predicted octanol–water partition coefficient (Wildman–Crippen LogP) is 0.848. The van der Waals surface area contributed by atoms with Crippen molar-refractivity contribution in [3.8, 4) is 0 Å². The highest BCUT2D eigenvalue weighted by Crippen LogP contribution is 2.34. The first-order valence-electron chi connectivity index (χ1n) is 11.4. The highest BCUT2D eigenvalue weighted by molar-refractivity contribution is 5.90. The average molecular weight is 435 g/mol. The minimum atomic E-state index is -0.703.